The van der Waals surface area contributed by atoms with Gasteiger partial charge in [-0.1, -0.05) is 18.2 Å². The maximum absolute atomic E-state index is 12.3. The van der Waals surface area contributed by atoms with Crippen LogP contribution in [-0.4, -0.2) is 19.5 Å². The number of aromatic amines is 1. The molecule has 0 aliphatic heterocycles. The molecule has 0 radical (unpaired) electrons. The van der Waals surface area contributed by atoms with E-state index < -0.39 is 0 Å². The van der Waals surface area contributed by atoms with E-state index in [4.69, 9.17) is 5.26 Å². The predicted octanol–water partition coefficient (Wildman–Crippen LogP) is 2.65. The lowest BCUT2D eigenvalue weighted by Gasteiger charge is -2.04. The summed E-state index contributed by atoms with van der Waals surface area (Å²) >= 11 is 0. The van der Waals surface area contributed by atoms with Gasteiger partial charge in [-0.05, 0) is 36.4 Å². The topological polar surface area (TPSA) is 87.4 Å². The molecule has 0 spiro atoms. The third-order valence-corrected chi connectivity index (χ3v) is 3.71. The van der Waals surface area contributed by atoms with Gasteiger partial charge in [0.2, 0.25) is 0 Å². The number of hydrogen-bond donors (Lipinski definition) is 1. The number of aromatic nitrogens is 4. The van der Waals surface area contributed by atoms with Gasteiger partial charge in [0.15, 0.2) is 11.5 Å². The molecule has 0 aliphatic carbocycles. The van der Waals surface area contributed by atoms with Gasteiger partial charge in [-0.15, -0.1) is 0 Å². The van der Waals surface area contributed by atoms with Crippen molar-refractivity contribution in [1.82, 2.24) is 19.5 Å². The van der Waals surface area contributed by atoms with E-state index in [0.717, 1.165) is 11.3 Å². The van der Waals surface area contributed by atoms with Gasteiger partial charge < -0.3 is 4.98 Å². The van der Waals surface area contributed by atoms with Crippen molar-refractivity contribution < 1.29 is 0 Å². The van der Waals surface area contributed by atoms with E-state index in [-0.39, 0.29) is 5.69 Å². The molecule has 114 valence electrons. The molecule has 24 heavy (non-hydrogen) atoms. The molecule has 4 aromatic rings. The summed E-state index contributed by atoms with van der Waals surface area (Å²) in [7, 11) is 0. The maximum atomic E-state index is 12.3. The van der Waals surface area contributed by atoms with Gasteiger partial charge in [0.25, 0.3) is 0 Å². The minimum Gasteiger partial charge on any atom is -0.303 e. The average Bonchev–Trinajstić information content (AvgIpc) is 2.97. The Kier molecular flexibility index (Phi) is 3.18. The van der Waals surface area contributed by atoms with Crippen LogP contribution >= 0.6 is 0 Å². The summed E-state index contributed by atoms with van der Waals surface area (Å²) in [5.41, 5.74) is 2.91. The number of para-hydroxylation sites is 1. The number of nitrogens with zero attached hydrogens (tertiary/aromatic N) is 4. The Morgan fingerprint density at radius 3 is 2.50 bits per heavy atom. The lowest BCUT2D eigenvalue weighted by atomic mass is 10.1. The van der Waals surface area contributed by atoms with E-state index in [9.17, 15) is 4.79 Å². The molecule has 0 bridgehead atoms. The summed E-state index contributed by atoms with van der Waals surface area (Å²) in [6.45, 7) is 0. The number of fused-ring (bicyclic) bond motifs is 1. The number of H-pyrrole nitrogens is 1. The molecule has 6 nitrogen and oxygen atoms in total. The molecule has 6 heteroatoms. The van der Waals surface area contributed by atoms with Crippen molar-refractivity contribution in [2.75, 3.05) is 0 Å². The van der Waals surface area contributed by atoms with Crippen molar-refractivity contribution in [3.63, 3.8) is 0 Å². The zero-order chi connectivity index (χ0) is 16.5. The van der Waals surface area contributed by atoms with Crippen molar-refractivity contribution >= 4 is 11.2 Å². The van der Waals surface area contributed by atoms with Crippen LogP contribution in [0.15, 0.2) is 65.6 Å². The molecule has 4 rings (SSSR count). The Bertz CT molecular complexity index is 1120. The van der Waals surface area contributed by atoms with Gasteiger partial charge in [0.1, 0.15) is 5.52 Å². The van der Waals surface area contributed by atoms with Crippen molar-refractivity contribution in [3.8, 4) is 23.1 Å². The van der Waals surface area contributed by atoms with E-state index >= 15 is 0 Å². The van der Waals surface area contributed by atoms with Crippen LogP contribution in [0.2, 0.25) is 0 Å². The van der Waals surface area contributed by atoms with Gasteiger partial charge in [-0.25, -0.2) is 19.3 Å². The SMILES string of the molecule is N#Cc1ccc(-c2ncc3[nH]c(=O)n(-c4ccccc4)c3n2)cc1. The molecule has 0 amide bonds. The van der Waals surface area contributed by atoms with Gasteiger partial charge in [-0.2, -0.15) is 5.26 Å². The third-order valence-electron chi connectivity index (χ3n) is 3.71. The quantitative estimate of drug-likeness (QED) is 0.616. The van der Waals surface area contributed by atoms with Gasteiger partial charge in [0, 0.05) is 5.56 Å². The fourth-order valence-electron chi connectivity index (χ4n) is 2.55. The van der Waals surface area contributed by atoms with E-state index in [2.05, 4.69) is 21.0 Å². The summed E-state index contributed by atoms with van der Waals surface area (Å²) in [5, 5.41) is 8.88. The Morgan fingerprint density at radius 2 is 1.79 bits per heavy atom. The molecule has 2 aromatic carbocycles. The highest BCUT2D eigenvalue weighted by atomic mass is 16.1. The smallest absolute Gasteiger partial charge is 0.303 e. The van der Waals surface area contributed by atoms with Crippen LogP contribution in [-0.2, 0) is 0 Å². The predicted molar refractivity (Wildman–Crippen MR) is 89.6 cm³/mol. The van der Waals surface area contributed by atoms with Crippen LogP contribution in [0.4, 0.5) is 0 Å². The standard InChI is InChI=1S/C18H11N5O/c19-10-12-6-8-13(9-7-12)16-20-11-15-17(22-16)23(18(24)21-15)14-4-2-1-3-5-14/h1-9,11H,(H,21,24). The average molecular weight is 313 g/mol. The summed E-state index contributed by atoms with van der Waals surface area (Å²) in [5.74, 6) is 0.496. The van der Waals surface area contributed by atoms with Crippen LogP contribution in [0, 0.1) is 11.3 Å². The molecule has 0 unspecified atom stereocenters. The van der Waals surface area contributed by atoms with Crippen molar-refractivity contribution in [1.29, 1.82) is 5.26 Å². The number of hydrogen-bond acceptors (Lipinski definition) is 4. The molecule has 0 aliphatic rings. The fourth-order valence-corrected chi connectivity index (χ4v) is 2.55. The molecule has 2 aromatic heterocycles. The molecule has 0 saturated carbocycles. The van der Waals surface area contributed by atoms with Gasteiger partial charge >= 0.3 is 5.69 Å². The highest BCUT2D eigenvalue weighted by Gasteiger charge is 2.12. The minimum atomic E-state index is -0.262. The van der Waals surface area contributed by atoms with Crippen molar-refractivity contribution in [3.05, 3.63) is 76.8 Å². The van der Waals surface area contributed by atoms with E-state index in [0.29, 0.717) is 22.6 Å². The molecule has 0 fully saturated rings. The number of nitriles is 1. The van der Waals surface area contributed by atoms with E-state index in [1.54, 1.807) is 30.5 Å². The summed E-state index contributed by atoms with van der Waals surface area (Å²) in [4.78, 5) is 23.9. The first kappa shape index (κ1) is 13.9. The minimum absolute atomic E-state index is 0.262. The van der Waals surface area contributed by atoms with Gasteiger partial charge in [-0.3, -0.25) is 0 Å². The Hall–Kier alpha value is -3.72. The number of rotatable bonds is 2. The van der Waals surface area contributed by atoms with Crippen LogP contribution in [0.3, 0.4) is 0 Å². The molecule has 2 heterocycles. The Balaban J connectivity index is 1.91. The molecular weight excluding hydrogens is 302 g/mol. The highest BCUT2D eigenvalue weighted by Crippen LogP contribution is 2.19. The van der Waals surface area contributed by atoms with Crippen LogP contribution in [0.1, 0.15) is 5.56 Å². The van der Waals surface area contributed by atoms with E-state index in [1.165, 1.54) is 4.57 Å². The van der Waals surface area contributed by atoms with Gasteiger partial charge in [0.05, 0.1) is 23.5 Å². The molecule has 1 N–H and O–H groups in total. The van der Waals surface area contributed by atoms with Crippen LogP contribution in [0.25, 0.3) is 28.2 Å². The summed E-state index contributed by atoms with van der Waals surface area (Å²) in [6.07, 6.45) is 1.59. The van der Waals surface area contributed by atoms with Crippen LogP contribution < -0.4 is 5.69 Å². The molecule has 0 atom stereocenters. The second-order valence-electron chi connectivity index (χ2n) is 5.22. The largest absolute Gasteiger partial charge is 0.332 e. The zero-order valence-electron chi connectivity index (χ0n) is 12.5. The normalized spacial score (nSPS) is 10.6. The Labute approximate surface area is 136 Å². The van der Waals surface area contributed by atoms with Crippen molar-refractivity contribution in [2.45, 2.75) is 0 Å². The fraction of sp³-hybridized carbons (Fsp3) is 0. The maximum Gasteiger partial charge on any atom is 0.332 e. The summed E-state index contributed by atoms with van der Waals surface area (Å²) in [6, 6.07) is 18.4. The first-order valence-corrected chi connectivity index (χ1v) is 7.30. The second kappa shape index (κ2) is 5.48. The van der Waals surface area contributed by atoms with Crippen molar-refractivity contribution in [2.24, 2.45) is 0 Å². The second-order valence-corrected chi connectivity index (χ2v) is 5.22. The lowest BCUT2D eigenvalue weighted by Crippen LogP contribution is -2.14. The first-order valence-electron chi connectivity index (χ1n) is 7.30. The molecule has 0 saturated heterocycles. The lowest BCUT2D eigenvalue weighted by molar-refractivity contribution is 0.998. The first-order chi connectivity index (χ1) is 11.8. The number of nitrogens with one attached hydrogen (secondary N) is 1. The zero-order valence-corrected chi connectivity index (χ0v) is 12.5. The summed E-state index contributed by atoms with van der Waals surface area (Å²) < 4.78 is 1.52. The van der Waals surface area contributed by atoms with E-state index in [1.807, 2.05) is 30.3 Å². The molecular formula is C18H11N5O. The highest BCUT2D eigenvalue weighted by molar-refractivity contribution is 5.74. The monoisotopic (exact) mass is 313 g/mol. The van der Waals surface area contributed by atoms with Crippen LogP contribution in [0.5, 0.6) is 0 Å². The number of imidazole rings is 1. The Morgan fingerprint density at radius 1 is 1.04 bits per heavy atom. The number of benzene rings is 2. The third kappa shape index (κ3) is 2.25.